The maximum Gasteiger partial charge on any atom is 0.240 e. The molecule has 138 valence electrons. The predicted octanol–water partition coefficient (Wildman–Crippen LogP) is 2.98. The van der Waals surface area contributed by atoms with Gasteiger partial charge in [0.1, 0.15) is 0 Å². The van der Waals surface area contributed by atoms with Crippen LogP contribution in [0.2, 0.25) is 5.02 Å². The lowest BCUT2D eigenvalue weighted by Crippen LogP contribution is -2.31. The number of carbonyl (C=O) groups excluding carboxylic acids is 1. The number of nitrogens with one attached hydrogen (secondary N) is 1. The molecule has 26 heavy (non-hydrogen) atoms. The Bertz CT molecular complexity index is 900. The van der Waals surface area contributed by atoms with Gasteiger partial charge >= 0.3 is 0 Å². The number of halogens is 1. The largest absolute Gasteiger partial charge is 0.338 e. The van der Waals surface area contributed by atoms with E-state index < -0.39 is 10.0 Å². The van der Waals surface area contributed by atoms with Crippen LogP contribution < -0.4 is 4.72 Å². The number of benzene rings is 2. The molecule has 1 atom stereocenters. The van der Waals surface area contributed by atoms with Crippen LogP contribution in [0.4, 0.5) is 0 Å². The smallest absolute Gasteiger partial charge is 0.240 e. The van der Waals surface area contributed by atoms with Crippen molar-refractivity contribution < 1.29 is 13.2 Å². The van der Waals surface area contributed by atoms with Gasteiger partial charge in [0.05, 0.1) is 4.90 Å². The summed E-state index contributed by atoms with van der Waals surface area (Å²) in [6.45, 7) is 3.14. The molecule has 0 saturated carbocycles. The number of nitrogens with zero attached hydrogens (tertiary/aromatic N) is 1. The van der Waals surface area contributed by atoms with Gasteiger partial charge in [-0.1, -0.05) is 48.0 Å². The maximum absolute atomic E-state index is 12.4. The monoisotopic (exact) mass is 392 g/mol. The quantitative estimate of drug-likeness (QED) is 0.821. The molecule has 0 bridgehead atoms. The summed E-state index contributed by atoms with van der Waals surface area (Å²) in [5, 5.41) is 0.415. The van der Waals surface area contributed by atoms with Gasteiger partial charge in [-0.3, -0.25) is 4.79 Å². The molecule has 3 rings (SSSR count). The van der Waals surface area contributed by atoms with E-state index >= 15 is 0 Å². The molecule has 0 aromatic heterocycles. The number of sulfonamides is 1. The molecular weight excluding hydrogens is 372 g/mol. The van der Waals surface area contributed by atoms with E-state index in [-0.39, 0.29) is 23.3 Å². The number of aryl methyl sites for hydroxylation is 1. The Balaban J connectivity index is 1.59. The third-order valence-corrected chi connectivity index (χ3v) is 6.35. The number of rotatable bonds is 6. The zero-order chi connectivity index (χ0) is 18.7. The van der Waals surface area contributed by atoms with Gasteiger partial charge in [0.25, 0.3) is 0 Å². The highest BCUT2D eigenvalue weighted by Gasteiger charge is 2.30. The average molecular weight is 393 g/mol. The number of carbonyl (C=O) groups is 1. The first-order chi connectivity index (χ1) is 12.3. The van der Waals surface area contributed by atoms with Gasteiger partial charge < -0.3 is 4.90 Å². The third-order valence-electron chi connectivity index (χ3n) is 4.53. The van der Waals surface area contributed by atoms with Crippen molar-refractivity contribution in [2.24, 2.45) is 5.92 Å². The Morgan fingerprint density at radius 1 is 1.19 bits per heavy atom. The molecule has 2 aromatic rings. The highest BCUT2D eigenvalue weighted by atomic mass is 35.5. The van der Waals surface area contributed by atoms with Crippen LogP contribution in [0.3, 0.4) is 0 Å². The van der Waals surface area contributed by atoms with Crippen molar-refractivity contribution in [3.63, 3.8) is 0 Å². The average Bonchev–Trinajstić information content (AvgIpc) is 2.96. The first kappa shape index (κ1) is 18.9. The second kappa shape index (κ2) is 7.78. The Hall–Kier alpha value is -1.89. The van der Waals surface area contributed by atoms with Gasteiger partial charge in [-0.25, -0.2) is 13.1 Å². The number of hydrogen-bond acceptors (Lipinski definition) is 3. The van der Waals surface area contributed by atoms with E-state index in [1.807, 2.05) is 37.3 Å². The van der Waals surface area contributed by atoms with Crippen LogP contribution in [0, 0.1) is 12.8 Å². The van der Waals surface area contributed by atoms with Crippen LogP contribution in [0.15, 0.2) is 53.4 Å². The molecule has 7 heteroatoms. The lowest BCUT2D eigenvalue weighted by molar-refractivity contribution is -0.128. The zero-order valence-electron chi connectivity index (χ0n) is 14.5. The second-order valence-corrected chi connectivity index (χ2v) is 8.77. The van der Waals surface area contributed by atoms with Gasteiger partial charge in [0.2, 0.25) is 15.9 Å². The topological polar surface area (TPSA) is 66.5 Å². The number of amides is 1. The minimum Gasteiger partial charge on any atom is -0.338 e. The molecule has 1 aliphatic heterocycles. The Morgan fingerprint density at radius 2 is 1.92 bits per heavy atom. The molecule has 1 fully saturated rings. The van der Waals surface area contributed by atoms with E-state index in [0.717, 1.165) is 11.1 Å². The summed E-state index contributed by atoms with van der Waals surface area (Å²) in [7, 11) is -3.65. The molecule has 0 aliphatic carbocycles. The Labute approximate surface area is 159 Å². The first-order valence-electron chi connectivity index (χ1n) is 8.42. The van der Waals surface area contributed by atoms with Crippen LogP contribution in [0.5, 0.6) is 0 Å². The molecule has 5 nitrogen and oxygen atoms in total. The van der Waals surface area contributed by atoms with E-state index in [4.69, 9.17) is 11.6 Å². The van der Waals surface area contributed by atoms with Crippen LogP contribution in [0.1, 0.15) is 17.5 Å². The Kier molecular flexibility index (Phi) is 5.65. The predicted molar refractivity (Wildman–Crippen MR) is 101 cm³/mol. The van der Waals surface area contributed by atoms with Gasteiger partial charge in [0.15, 0.2) is 0 Å². The van der Waals surface area contributed by atoms with Crippen molar-refractivity contribution in [2.45, 2.75) is 24.8 Å². The molecule has 1 N–H and O–H groups in total. The van der Waals surface area contributed by atoms with Crippen molar-refractivity contribution in [1.29, 1.82) is 0 Å². The number of hydrogen-bond donors (Lipinski definition) is 1. The van der Waals surface area contributed by atoms with Gasteiger partial charge in [-0.2, -0.15) is 0 Å². The molecule has 2 aromatic carbocycles. The summed E-state index contributed by atoms with van der Waals surface area (Å²) in [5.41, 5.74) is 1.89. The minimum atomic E-state index is -3.65. The molecule has 1 amide bonds. The highest BCUT2D eigenvalue weighted by Crippen LogP contribution is 2.22. The van der Waals surface area contributed by atoms with Gasteiger partial charge in [-0.05, 0) is 36.1 Å². The summed E-state index contributed by atoms with van der Waals surface area (Å²) in [5.74, 6) is 0.0124. The minimum absolute atomic E-state index is 0.0399. The van der Waals surface area contributed by atoms with Crippen LogP contribution in [-0.2, 0) is 21.4 Å². The SMILES string of the molecule is Cc1ccc(S(=O)(=O)NCC2CC(=O)N(Cc3ccccc3)C2)cc1Cl. The lowest BCUT2D eigenvalue weighted by Gasteiger charge is -2.17. The van der Waals surface area contributed by atoms with Crippen LogP contribution in [-0.4, -0.2) is 32.3 Å². The molecule has 1 aliphatic rings. The maximum atomic E-state index is 12.4. The molecule has 1 unspecified atom stereocenters. The molecule has 1 heterocycles. The van der Waals surface area contributed by atoms with Crippen LogP contribution in [0.25, 0.3) is 0 Å². The van der Waals surface area contributed by atoms with E-state index in [0.29, 0.717) is 24.5 Å². The summed E-state index contributed by atoms with van der Waals surface area (Å²) in [4.78, 5) is 14.1. The van der Waals surface area contributed by atoms with Gasteiger partial charge in [0, 0.05) is 31.1 Å². The fourth-order valence-corrected chi connectivity index (χ4v) is 4.39. The van der Waals surface area contributed by atoms with E-state index in [1.165, 1.54) is 12.1 Å². The van der Waals surface area contributed by atoms with E-state index in [9.17, 15) is 13.2 Å². The summed E-state index contributed by atoms with van der Waals surface area (Å²) in [6.07, 6.45) is 0.351. The summed E-state index contributed by atoms with van der Waals surface area (Å²) < 4.78 is 27.5. The van der Waals surface area contributed by atoms with E-state index in [2.05, 4.69) is 4.72 Å². The number of likely N-dealkylation sites (tertiary alicyclic amines) is 1. The fraction of sp³-hybridized carbons (Fsp3) is 0.316. The van der Waals surface area contributed by atoms with Crippen molar-refractivity contribution in [2.75, 3.05) is 13.1 Å². The molecule has 0 spiro atoms. The van der Waals surface area contributed by atoms with Gasteiger partial charge in [-0.15, -0.1) is 0 Å². The molecule has 1 saturated heterocycles. The third kappa shape index (κ3) is 4.44. The normalized spacial score (nSPS) is 17.7. The standard InChI is InChI=1S/C19H21ClN2O3S/c1-14-7-8-17(10-18(14)20)26(24,25)21-11-16-9-19(23)22(13-16)12-15-5-3-2-4-6-15/h2-8,10,16,21H,9,11-13H2,1H3. The summed E-state index contributed by atoms with van der Waals surface area (Å²) >= 11 is 6.02. The molecule has 0 radical (unpaired) electrons. The van der Waals surface area contributed by atoms with Crippen LogP contribution >= 0.6 is 11.6 Å². The van der Waals surface area contributed by atoms with E-state index in [1.54, 1.807) is 11.0 Å². The van der Waals surface area contributed by atoms with Crippen molar-refractivity contribution in [1.82, 2.24) is 9.62 Å². The summed E-state index contributed by atoms with van der Waals surface area (Å²) in [6, 6.07) is 14.4. The van der Waals surface area contributed by atoms with Crippen molar-refractivity contribution >= 4 is 27.5 Å². The van der Waals surface area contributed by atoms with Crippen molar-refractivity contribution in [3.05, 3.63) is 64.7 Å². The molecular formula is C19H21ClN2O3S. The Morgan fingerprint density at radius 3 is 2.62 bits per heavy atom. The zero-order valence-corrected chi connectivity index (χ0v) is 16.1. The fourth-order valence-electron chi connectivity index (χ4n) is 3.00. The first-order valence-corrected chi connectivity index (χ1v) is 10.3. The van der Waals surface area contributed by atoms with Crippen molar-refractivity contribution in [3.8, 4) is 0 Å². The highest BCUT2D eigenvalue weighted by molar-refractivity contribution is 7.89. The second-order valence-electron chi connectivity index (χ2n) is 6.59. The lowest BCUT2D eigenvalue weighted by atomic mass is 10.1.